The van der Waals surface area contributed by atoms with E-state index in [4.69, 9.17) is 0 Å². The molecule has 1 aliphatic rings. The molecule has 1 atom stereocenters. The summed E-state index contributed by atoms with van der Waals surface area (Å²) in [5, 5.41) is -2.88. The maximum absolute atomic E-state index is 13.7. The molecule has 1 heterocycles. The highest BCUT2D eigenvalue weighted by molar-refractivity contribution is 7.98. The van der Waals surface area contributed by atoms with E-state index >= 15 is 0 Å². The maximum Gasteiger partial charge on any atom is 0.335 e. The van der Waals surface area contributed by atoms with Crippen LogP contribution < -0.4 is 0 Å². The highest BCUT2D eigenvalue weighted by atomic mass is 32.2. The van der Waals surface area contributed by atoms with Gasteiger partial charge in [0.2, 0.25) is 0 Å². The smallest absolute Gasteiger partial charge is 0.332 e. The van der Waals surface area contributed by atoms with Crippen LogP contribution in [0, 0.1) is 0 Å². The fourth-order valence-electron chi connectivity index (χ4n) is 1.18. The molecule has 0 radical (unpaired) electrons. The fraction of sp³-hybridized carbons (Fsp3) is 1.00. The molecule has 0 amide bonds. The van der Waals surface area contributed by atoms with E-state index < -0.39 is 17.5 Å². The van der Waals surface area contributed by atoms with Gasteiger partial charge in [-0.25, -0.2) is 4.31 Å². The SMILES string of the molecule is CCN(CC)SC1(F)OCCC1(F)F. The predicted octanol–water partition coefficient (Wildman–Crippen LogP) is 2.66. The van der Waals surface area contributed by atoms with E-state index in [2.05, 4.69) is 4.74 Å². The predicted molar refractivity (Wildman–Crippen MR) is 49.9 cm³/mol. The molecule has 0 aromatic carbocycles. The van der Waals surface area contributed by atoms with Crippen LogP contribution in [-0.4, -0.2) is 35.1 Å². The number of hydrogen-bond donors (Lipinski definition) is 0. The molecule has 84 valence electrons. The summed E-state index contributed by atoms with van der Waals surface area (Å²) < 4.78 is 45.8. The summed E-state index contributed by atoms with van der Waals surface area (Å²) >= 11 is 0.456. The summed E-state index contributed by atoms with van der Waals surface area (Å²) in [6.45, 7) is 4.36. The number of halogens is 3. The van der Waals surface area contributed by atoms with Gasteiger partial charge >= 0.3 is 11.1 Å². The average Bonchev–Trinajstić information content (AvgIpc) is 2.38. The van der Waals surface area contributed by atoms with Gasteiger partial charge in [0, 0.05) is 19.5 Å². The molecular weight excluding hydrogens is 215 g/mol. The monoisotopic (exact) mass is 229 g/mol. The van der Waals surface area contributed by atoms with Crippen molar-refractivity contribution < 1.29 is 17.9 Å². The third kappa shape index (κ3) is 2.17. The van der Waals surface area contributed by atoms with E-state index in [1.807, 2.05) is 0 Å². The summed E-state index contributed by atoms with van der Waals surface area (Å²) in [5.41, 5.74) is 0. The van der Waals surface area contributed by atoms with Gasteiger partial charge in [-0.15, -0.1) is 0 Å². The van der Waals surface area contributed by atoms with Gasteiger partial charge in [-0.3, -0.25) is 0 Å². The van der Waals surface area contributed by atoms with Crippen molar-refractivity contribution in [1.29, 1.82) is 0 Å². The number of alkyl halides is 3. The van der Waals surface area contributed by atoms with Crippen LogP contribution in [0.25, 0.3) is 0 Å². The van der Waals surface area contributed by atoms with Crippen molar-refractivity contribution in [1.82, 2.24) is 4.31 Å². The molecule has 0 bridgehead atoms. The molecule has 6 heteroatoms. The van der Waals surface area contributed by atoms with Crippen molar-refractivity contribution >= 4 is 11.9 Å². The maximum atomic E-state index is 13.7. The van der Waals surface area contributed by atoms with E-state index in [-0.39, 0.29) is 6.61 Å². The third-order valence-corrected chi connectivity index (χ3v) is 3.52. The van der Waals surface area contributed by atoms with Crippen molar-refractivity contribution in [2.45, 2.75) is 31.4 Å². The molecule has 14 heavy (non-hydrogen) atoms. The molecule has 0 saturated carbocycles. The van der Waals surface area contributed by atoms with Gasteiger partial charge in [0.15, 0.2) is 0 Å². The first-order valence-corrected chi connectivity index (χ1v) is 5.37. The number of rotatable bonds is 4. The van der Waals surface area contributed by atoms with Gasteiger partial charge in [-0.2, -0.15) is 13.2 Å². The molecule has 0 aliphatic carbocycles. The van der Waals surface area contributed by atoms with Crippen molar-refractivity contribution in [3.8, 4) is 0 Å². The first-order valence-electron chi connectivity index (χ1n) is 4.60. The fourth-order valence-corrected chi connectivity index (χ4v) is 2.14. The molecule has 1 saturated heterocycles. The lowest BCUT2D eigenvalue weighted by Crippen LogP contribution is -2.40. The molecule has 1 fully saturated rings. The highest BCUT2D eigenvalue weighted by Crippen LogP contribution is 2.50. The normalized spacial score (nSPS) is 31.3. The van der Waals surface area contributed by atoms with Gasteiger partial charge in [0.25, 0.3) is 0 Å². The van der Waals surface area contributed by atoms with Gasteiger partial charge < -0.3 is 4.74 Å². The molecule has 0 spiro atoms. The Morgan fingerprint density at radius 2 is 1.86 bits per heavy atom. The minimum absolute atomic E-state index is 0.224. The van der Waals surface area contributed by atoms with E-state index in [9.17, 15) is 13.2 Å². The Morgan fingerprint density at radius 3 is 2.21 bits per heavy atom. The van der Waals surface area contributed by atoms with Crippen LogP contribution >= 0.6 is 11.9 Å². The second-order valence-electron chi connectivity index (χ2n) is 3.04. The second-order valence-corrected chi connectivity index (χ2v) is 4.27. The zero-order valence-corrected chi connectivity index (χ0v) is 9.04. The van der Waals surface area contributed by atoms with Crippen molar-refractivity contribution in [2.75, 3.05) is 19.7 Å². The Kier molecular flexibility index (Phi) is 3.71. The number of nitrogens with zero attached hydrogens (tertiary/aromatic N) is 1. The average molecular weight is 229 g/mol. The summed E-state index contributed by atoms with van der Waals surface area (Å²) in [6.07, 6.45) is -0.544. The molecule has 0 aromatic heterocycles. The van der Waals surface area contributed by atoms with Gasteiger partial charge in [0.05, 0.1) is 6.61 Å². The largest absolute Gasteiger partial charge is 0.335 e. The minimum Gasteiger partial charge on any atom is -0.332 e. The first-order chi connectivity index (χ1) is 6.45. The lowest BCUT2D eigenvalue weighted by molar-refractivity contribution is -0.162. The van der Waals surface area contributed by atoms with Crippen LogP contribution in [-0.2, 0) is 4.74 Å². The molecule has 1 rings (SSSR count). The topological polar surface area (TPSA) is 12.5 Å². The number of hydrogen-bond acceptors (Lipinski definition) is 3. The molecule has 0 aromatic rings. The van der Waals surface area contributed by atoms with Gasteiger partial charge in [-0.1, -0.05) is 13.8 Å². The Hall–Kier alpha value is 0.0600. The Labute approximate surface area is 85.9 Å². The highest BCUT2D eigenvalue weighted by Gasteiger charge is 2.62. The van der Waals surface area contributed by atoms with Crippen molar-refractivity contribution in [3.05, 3.63) is 0 Å². The van der Waals surface area contributed by atoms with Gasteiger partial charge in [0.1, 0.15) is 0 Å². The van der Waals surface area contributed by atoms with Crippen LogP contribution in [0.15, 0.2) is 0 Å². The Balaban J connectivity index is 2.65. The zero-order valence-electron chi connectivity index (χ0n) is 8.23. The summed E-state index contributed by atoms with van der Waals surface area (Å²) in [6, 6.07) is 0. The van der Waals surface area contributed by atoms with E-state index in [1.54, 1.807) is 13.8 Å². The van der Waals surface area contributed by atoms with E-state index in [1.165, 1.54) is 4.31 Å². The summed E-state index contributed by atoms with van der Waals surface area (Å²) in [7, 11) is 0. The second kappa shape index (κ2) is 4.28. The number of ether oxygens (including phenoxy) is 1. The van der Waals surface area contributed by atoms with E-state index in [0.29, 0.717) is 25.0 Å². The van der Waals surface area contributed by atoms with E-state index in [0.717, 1.165) is 0 Å². The zero-order chi connectivity index (χ0) is 10.8. The van der Waals surface area contributed by atoms with Crippen LogP contribution in [0.1, 0.15) is 20.3 Å². The van der Waals surface area contributed by atoms with Crippen LogP contribution in [0.4, 0.5) is 13.2 Å². The van der Waals surface area contributed by atoms with Crippen LogP contribution in [0.3, 0.4) is 0 Å². The lowest BCUT2D eigenvalue weighted by atomic mass is 10.3. The summed E-state index contributed by atoms with van der Waals surface area (Å²) in [5.74, 6) is -3.39. The third-order valence-electron chi connectivity index (χ3n) is 2.09. The van der Waals surface area contributed by atoms with Gasteiger partial charge in [-0.05, 0) is 11.9 Å². The molecular formula is C8H14F3NOS. The Morgan fingerprint density at radius 1 is 1.29 bits per heavy atom. The van der Waals surface area contributed by atoms with Crippen LogP contribution in [0.5, 0.6) is 0 Å². The quantitative estimate of drug-likeness (QED) is 0.688. The standard InChI is InChI=1S/C8H14F3NOS/c1-3-12(4-2)14-8(11)7(9,10)5-6-13-8/h3-6H2,1-2H3. The molecule has 0 N–H and O–H groups in total. The van der Waals surface area contributed by atoms with Crippen molar-refractivity contribution in [2.24, 2.45) is 0 Å². The summed E-state index contributed by atoms with van der Waals surface area (Å²) in [4.78, 5) is 0. The first kappa shape index (κ1) is 12.1. The Bertz CT molecular complexity index is 201. The molecule has 2 nitrogen and oxygen atoms in total. The molecule has 1 aliphatic heterocycles. The lowest BCUT2D eigenvalue weighted by Gasteiger charge is -2.29. The van der Waals surface area contributed by atoms with Crippen LogP contribution in [0.2, 0.25) is 0 Å². The molecule has 1 unspecified atom stereocenters. The minimum atomic E-state index is -3.39. The van der Waals surface area contributed by atoms with Crippen molar-refractivity contribution in [3.63, 3.8) is 0 Å².